The molecule has 0 aliphatic heterocycles. The van der Waals surface area contributed by atoms with Crippen LogP contribution in [0.15, 0.2) is 54.9 Å². The first-order valence-electron chi connectivity index (χ1n) is 8.80. The molecule has 0 atom stereocenters. The van der Waals surface area contributed by atoms with Crippen molar-refractivity contribution < 1.29 is 9.53 Å². The minimum Gasteiger partial charge on any atom is -0.495 e. The van der Waals surface area contributed by atoms with Gasteiger partial charge in [-0.2, -0.15) is 0 Å². The number of methoxy groups -OCH3 is 1. The molecular weight excluding hydrogens is 376 g/mol. The van der Waals surface area contributed by atoms with Crippen molar-refractivity contribution in [1.82, 2.24) is 9.97 Å². The third-order valence-electron chi connectivity index (χ3n) is 4.14. The number of halogens is 1. The fourth-order valence-electron chi connectivity index (χ4n) is 2.57. The number of rotatable bonds is 6. The lowest BCUT2D eigenvalue weighted by Gasteiger charge is -2.11. The Balaban J connectivity index is 1.68. The van der Waals surface area contributed by atoms with Gasteiger partial charge < -0.3 is 15.4 Å². The van der Waals surface area contributed by atoms with E-state index in [1.54, 1.807) is 25.3 Å². The maximum Gasteiger partial charge on any atom is 0.275 e. The molecule has 1 amide bonds. The average molecular weight is 397 g/mol. The standard InChI is InChI=1S/C21H21ClN4O2/c1-13(2)14-4-7-16(8-5-14)25-21(27)18-11-24-20(12-23-18)26-17-10-15(22)6-9-19(17)28-3/h4-13H,1-3H3,(H,24,26)(H,25,27). The number of nitrogens with zero attached hydrogens (tertiary/aromatic N) is 2. The second-order valence-electron chi connectivity index (χ2n) is 6.49. The molecule has 6 nitrogen and oxygen atoms in total. The van der Waals surface area contributed by atoms with E-state index >= 15 is 0 Å². The highest BCUT2D eigenvalue weighted by atomic mass is 35.5. The Morgan fingerprint density at radius 1 is 1.07 bits per heavy atom. The number of hydrogen-bond acceptors (Lipinski definition) is 5. The second kappa shape index (κ2) is 8.71. The van der Waals surface area contributed by atoms with Crippen molar-refractivity contribution in [2.75, 3.05) is 17.7 Å². The Morgan fingerprint density at radius 2 is 1.82 bits per heavy atom. The molecule has 1 heterocycles. The monoisotopic (exact) mass is 396 g/mol. The summed E-state index contributed by atoms with van der Waals surface area (Å²) < 4.78 is 5.29. The molecule has 7 heteroatoms. The summed E-state index contributed by atoms with van der Waals surface area (Å²) in [5.41, 5.74) is 2.80. The van der Waals surface area contributed by atoms with Gasteiger partial charge in [0.05, 0.1) is 25.2 Å². The Morgan fingerprint density at radius 3 is 2.43 bits per heavy atom. The smallest absolute Gasteiger partial charge is 0.275 e. The van der Waals surface area contributed by atoms with Crippen LogP contribution in [-0.4, -0.2) is 23.0 Å². The molecule has 0 saturated carbocycles. The van der Waals surface area contributed by atoms with Gasteiger partial charge in [-0.3, -0.25) is 4.79 Å². The third-order valence-corrected chi connectivity index (χ3v) is 4.38. The van der Waals surface area contributed by atoms with E-state index in [-0.39, 0.29) is 11.6 Å². The topological polar surface area (TPSA) is 76.1 Å². The highest BCUT2D eigenvalue weighted by Crippen LogP contribution is 2.29. The van der Waals surface area contributed by atoms with Gasteiger partial charge in [0.2, 0.25) is 0 Å². The maximum absolute atomic E-state index is 12.4. The summed E-state index contributed by atoms with van der Waals surface area (Å²) in [6.07, 6.45) is 2.90. The first kappa shape index (κ1) is 19.6. The summed E-state index contributed by atoms with van der Waals surface area (Å²) in [6.45, 7) is 4.25. The number of carbonyl (C=O) groups is 1. The minimum absolute atomic E-state index is 0.219. The van der Waals surface area contributed by atoms with Gasteiger partial charge in [-0.25, -0.2) is 9.97 Å². The summed E-state index contributed by atoms with van der Waals surface area (Å²) in [7, 11) is 1.57. The zero-order valence-electron chi connectivity index (χ0n) is 15.9. The third kappa shape index (κ3) is 4.78. The van der Waals surface area contributed by atoms with E-state index in [4.69, 9.17) is 16.3 Å². The van der Waals surface area contributed by atoms with Crippen molar-refractivity contribution in [2.24, 2.45) is 0 Å². The number of amides is 1. The summed E-state index contributed by atoms with van der Waals surface area (Å²) in [5.74, 6) is 1.21. The molecule has 2 aromatic carbocycles. The van der Waals surface area contributed by atoms with E-state index in [9.17, 15) is 4.79 Å². The molecule has 0 bridgehead atoms. The molecule has 2 N–H and O–H groups in total. The van der Waals surface area contributed by atoms with Crippen molar-refractivity contribution in [2.45, 2.75) is 19.8 Å². The van der Waals surface area contributed by atoms with E-state index in [1.807, 2.05) is 24.3 Å². The van der Waals surface area contributed by atoms with Crippen molar-refractivity contribution in [1.29, 1.82) is 0 Å². The van der Waals surface area contributed by atoms with Crippen LogP contribution in [-0.2, 0) is 0 Å². The largest absolute Gasteiger partial charge is 0.495 e. The highest BCUT2D eigenvalue weighted by molar-refractivity contribution is 6.31. The first-order valence-corrected chi connectivity index (χ1v) is 9.18. The van der Waals surface area contributed by atoms with Gasteiger partial charge in [0.15, 0.2) is 0 Å². The predicted molar refractivity (Wildman–Crippen MR) is 112 cm³/mol. The molecular formula is C21H21ClN4O2. The molecule has 3 aromatic rings. The quantitative estimate of drug-likeness (QED) is 0.594. The number of benzene rings is 2. The lowest BCUT2D eigenvalue weighted by molar-refractivity contribution is 0.102. The van der Waals surface area contributed by atoms with Crippen LogP contribution in [0.4, 0.5) is 17.2 Å². The Kier molecular flexibility index (Phi) is 6.11. The number of ether oxygens (including phenoxy) is 1. The van der Waals surface area contributed by atoms with Crippen molar-refractivity contribution in [3.05, 3.63) is 71.1 Å². The molecule has 144 valence electrons. The van der Waals surface area contributed by atoms with Crippen molar-refractivity contribution in [3.8, 4) is 5.75 Å². The molecule has 28 heavy (non-hydrogen) atoms. The molecule has 0 aliphatic rings. The van der Waals surface area contributed by atoms with Gasteiger partial charge in [0, 0.05) is 10.7 Å². The van der Waals surface area contributed by atoms with Crippen molar-refractivity contribution in [3.63, 3.8) is 0 Å². The molecule has 0 saturated heterocycles. The molecule has 0 fully saturated rings. The van der Waals surface area contributed by atoms with Crippen LogP contribution in [0.2, 0.25) is 5.02 Å². The number of carbonyl (C=O) groups excluding carboxylic acids is 1. The average Bonchev–Trinajstić information content (AvgIpc) is 2.69. The Labute approximate surface area is 168 Å². The summed E-state index contributed by atoms with van der Waals surface area (Å²) in [4.78, 5) is 20.8. The first-order chi connectivity index (χ1) is 13.5. The fourth-order valence-corrected chi connectivity index (χ4v) is 2.74. The molecule has 0 aliphatic carbocycles. The SMILES string of the molecule is COc1ccc(Cl)cc1Nc1cnc(C(=O)Nc2ccc(C(C)C)cc2)cn1. The van der Waals surface area contributed by atoms with Gasteiger partial charge in [0.25, 0.3) is 5.91 Å². The highest BCUT2D eigenvalue weighted by Gasteiger charge is 2.10. The zero-order chi connectivity index (χ0) is 20.1. The van der Waals surface area contributed by atoms with Crippen LogP contribution in [0.25, 0.3) is 0 Å². The maximum atomic E-state index is 12.4. The number of nitrogens with one attached hydrogen (secondary N) is 2. The normalized spacial score (nSPS) is 10.6. The number of anilines is 3. The van der Waals surface area contributed by atoms with E-state index in [1.165, 1.54) is 18.0 Å². The van der Waals surface area contributed by atoms with E-state index in [0.29, 0.717) is 33.9 Å². The molecule has 1 aromatic heterocycles. The van der Waals surface area contributed by atoms with Crippen LogP contribution in [0.1, 0.15) is 35.8 Å². The summed E-state index contributed by atoms with van der Waals surface area (Å²) in [6, 6.07) is 13.0. The molecule has 3 rings (SSSR count). The number of hydrogen-bond donors (Lipinski definition) is 2. The predicted octanol–water partition coefficient (Wildman–Crippen LogP) is 5.26. The lowest BCUT2D eigenvalue weighted by Crippen LogP contribution is -2.14. The van der Waals surface area contributed by atoms with Crippen LogP contribution < -0.4 is 15.4 Å². The van der Waals surface area contributed by atoms with E-state index in [0.717, 1.165) is 0 Å². The minimum atomic E-state index is -0.323. The van der Waals surface area contributed by atoms with Crippen molar-refractivity contribution >= 4 is 34.7 Å². The van der Waals surface area contributed by atoms with Crippen LogP contribution >= 0.6 is 11.6 Å². The number of aromatic nitrogens is 2. The van der Waals surface area contributed by atoms with E-state index < -0.39 is 0 Å². The van der Waals surface area contributed by atoms with Gasteiger partial charge >= 0.3 is 0 Å². The van der Waals surface area contributed by atoms with Gasteiger partial charge in [-0.05, 0) is 41.8 Å². The van der Waals surface area contributed by atoms with Gasteiger partial charge in [-0.15, -0.1) is 0 Å². The molecule has 0 spiro atoms. The van der Waals surface area contributed by atoms with Gasteiger partial charge in [0.1, 0.15) is 17.3 Å². The van der Waals surface area contributed by atoms with Crippen LogP contribution in [0.3, 0.4) is 0 Å². The Bertz CT molecular complexity index is 957. The summed E-state index contributed by atoms with van der Waals surface area (Å²) in [5, 5.41) is 6.47. The Hall–Kier alpha value is -3.12. The van der Waals surface area contributed by atoms with Gasteiger partial charge in [-0.1, -0.05) is 37.6 Å². The summed E-state index contributed by atoms with van der Waals surface area (Å²) >= 11 is 6.03. The molecule has 0 unspecified atom stereocenters. The lowest BCUT2D eigenvalue weighted by atomic mass is 10.0. The van der Waals surface area contributed by atoms with E-state index in [2.05, 4.69) is 34.4 Å². The second-order valence-corrected chi connectivity index (χ2v) is 6.92. The van der Waals surface area contributed by atoms with Crippen LogP contribution in [0.5, 0.6) is 5.75 Å². The molecule has 0 radical (unpaired) electrons. The fraction of sp³-hybridized carbons (Fsp3) is 0.190. The zero-order valence-corrected chi connectivity index (χ0v) is 16.6. The van der Waals surface area contributed by atoms with Crippen LogP contribution in [0, 0.1) is 0 Å².